The number of ether oxygens (including phenoxy) is 1. The van der Waals surface area contributed by atoms with Crippen LogP contribution in [0.5, 0.6) is 0 Å². The van der Waals surface area contributed by atoms with Crippen LogP contribution in [-0.4, -0.2) is 71.3 Å². The molecule has 5 heterocycles. The van der Waals surface area contributed by atoms with Crippen LogP contribution in [0.1, 0.15) is 35.3 Å². The predicted octanol–water partition coefficient (Wildman–Crippen LogP) is 2.71. The van der Waals surface area contributed by atoms with E-state index in [2.05, 4.69) is 38.2 Å². The van der Waals surface area contributed by atoms with Crippen molar-refractivity contribution in [3.8, 4) is 0 Å². The van der Waals surface area contributed by atoms with Gasteiger partial charge in [0.2, 0.25) is 0 Å². The number of nitrogens with one attached hydrogen (secondary N) is 1. The number of carbonyl (C=O) groups excluding carboxylic acids is 1. The van der Waals surface area contributed by atoms with Gasteiger partial charge in [-0.15, -0.1) is 12.4 Å². The number of hydrogen-bond acceptors (Lipinski definition) is 4. The molecule has 0 atom stereocenters. The van der Waals surface area contributed by atoms with Crippen LogP contribution in [0.3, 0.4) is 0 Å². The Balaban J connectivity index is 0.00000180. The van der Waals surface area contributed by atoms with Gasteiger partial charge < -0.3 is 14.5 Å². The molecule has 1 amide bonds. The van der Waals surface area contributed by atoms with Gasteiger partial charge in [0, 0.05) is 37.6 Å². The molecule has 1 N–H and O–H groups in total. The number of benzene rings is 1. The first-order valence-electron chi connectivity index (χ1n) is 9.58. The van der Waals surface area contributed by atoms with Gasteiger partial charge in [-0.05, 0) is 42.5 Å². The van der Waals surface area contributed by atoms with Crippen molar-refractivity contribution >= 4 is 34.8 Å². The van der Waals surface area contributed by atoms with Crippen LogP contribution in [0.4, 0.5) is 0 Å². The van der Waals surface area contributed by atoms with Gasteiger partial charge in [0.25, 0.3) is 5.91 Å². The van der Waals surface area contributed by atoms with Crippen molar-refractivity contribution in [2.24, 2.45) is 0 Å². The number of halogens is 1. The largest absolute Gasteiger partial charge is 0.377 e. The summed E-state index contributed by atoms with van der Waals surface area (Å²) in [4.78, 5) is 17.7. The van der Waals surface area contributed by atoms with Gasteiger partial charge in [0.15, 0.2) is 5.69 Å². The Morgan fingerprint density at radius 1 is 1.19 bits per heavy atom. The number of amides is 1. The molecule has 144 valence electrons. The highest BCUT2D eigenvalue weighted by Crippen LogP contribution is 2.28. The van der Waals surface area contributed by atoms with Crippen molar-refractivity contribution in [2.75, 3.05) is 39.4 Å². The molecule has 0 unspecified atom stereocenters. The lowest BCUT2D eigenvalue weighted by Gasteiger charge is -2.31. The fourth-order valence-corrected chi connectivity index (χ4v) is 4.46. The molecule has 3 saturated heterocycles. The number of nitrogens with zero attached hydrogens (tertiary/aromatic N) is 3. The molecule has 0 spiro atoms. The number of fused-ring (bicyclic) bond motifs is 5. The predicted molar refractivity (Wildman–Crippen MR) is 107 cm³/mol. The molecule has 1 aromatic carbocycles. The summed E-state index contributed by atoms with van der Waals surface area (Å²) in [6.45, 7) is 5.45. The van der Waals surface area contributed by atoms with Crippen LogP contribution in [0.15, 0.2) is 24.3 Å². The van der Waals surface area contributed by atoms with E-state index in [1.54, 1.807) is 0 Å². The van der Waals surface area contributed by atoms with Crippen molar-refractivity contribution in [1.29, 1.82) is 0 Å². The minimum absolute atomic E-state index is 0. The molecule has 6 rings (SSSR count). The Morgan fingerprint density at radius 3 is 2.81 bits per heavy atom. The van der Waals surface area contributed by atoms with Gasteiger partial charge in [-0.3, -0.25) is 9.89 Å². The Bertz CT molecular complexity index is 870. The van der Waals surface area contributed by atoms with Crippen molar-refractivity contribution in [3.05, 3.63) is 35.5 Å². The maximum absolute atomic E-state index is 13.2. The second-order valence-electron chi connectivity index (χ2n) is 7.46. The molecule has 0 saturated carbocycles. The Morgan fingerprint density at radius 2 is 2.04 bits per heavy atom. The molecule has 3 fully saturated rings. The van der Waals surface area contributed by atoms with E-state index in [-0.39, 0.29) is 18.3 Å². The standard InChI is InChI=1S/C20H24N4O2.ClH/c25-20(24-10-9-23-7-3-16(24)4-8-23)19-17-2-1-15(13-18(17)21-22-19)14-5-11-26-12-6-14;/h1-2,5,13,16H,3-4,6-12H2,(H,21,22);1H. The molecule has 2 aromatic rings. The molecule has 0 aliphatic carbocycles. The van der Waals surface area contributed by atoms with Crippen molar-refractivity contribution < 1.29 is 9.53 Å². The highest BCUT2D eigenvalue weighted by molar-refractivity contribution is 6.05. The summed E-state index contributed by atoms with van der Waals surface area (Å²) in [5.74, 6) is 0.0723. The maximum Gasteiger partial charge on any atom is 0.275 e. The van der Waals surface area contributed by atoms with Crippen molar-refractivity contribution in [2.45, 2.75) is 25.3 Å². The highest BCUT2D eigenvalue weighted by Gasteiger charge is 2.33. The molecule has 0 radical (unpaired) electrons. The van der Waals surface area contributed by atoms with Gasteiger partial charge in [0.05, 0.1) is 18.7 Å². The molecule has 7 heteroatoms. The van der Waals surface area contributed by atoms with Crippen LogP contribution >= 0.6 is 12.4 Å². The van der Waals surface area contributed by atoms with Gasteiger partial charge in [-0.25, -0.2) is 0 Å². The van der Waals surface area contributed by atoms with Crippen LogP contribution in [-0.2, 0) is 4.74 Å². The van der Waals surface area contributed by atoms with Crippen molar-refractivity contribution in [1.82, 2.24) is 20.0 Å². The fourth-order valence-electron chi connectivity index (χ4n) is 4.46. The molecule has 4 aliphatic rings. The van der Waals surface area contributed by atoms with E-state index in [1.165, 1.54) is 11.1 Å². The number of hydrogen-bond donors (Lipinski definition) is 1. The van der Waals surface area contributed by atoms with E-state index in [9.17, 15) is 4.79 Å². The third kappa shape index (κ3) is 3.37. The Hall–Kier alpha value is -1.89. The minimum atomic E-state index is 0. The highest BCUT2D eigenvalue weighted by atomic mass is 35.5. The fraction of sp³-hybridized carbons (Fsp3) is 0.500. The summed E-state index contributed by atoms with van der Waals surface area (Å²) in [5.41, 5.74) is 3.98. The van der Waals surface area contributed by atoms with Gasteiger partial charge in [-0.1, -0.05) is 12.1 Å². The number of rotatable bonds is 2. The molecule has 2 bridgehead atoms. The third-order valence-electron chi connectivity index (χ3n) is 6.02. The number of aromatic nitrogens is 2. The Kier molecular flexibility index (Phi) is 5.21. The Labute approximate surface area is 164 Å². The molecule has 6 nitrogen and oxygen atoms in total. The summed E-state index contributed by atoms with van der Waals surface area (Å²) in [6, 6.07) is 6.61. The van der Waals surface area contributed by atoms with Gasteiger partial charge >= 0.3 is 0 Å². The SMILES string of the molecule is Cl.O=C(c1n[nH]c2cc(C3=CCOCC3)ccc12)N1CCN2CCC1CC2. The molecule has 4 aliphatic heterocycles. The van der Waals surface area contributed by atoms with Gasteiger partial charge in [-0.2, -0.15) is 5.10 Å². The molecule has 27 heavy (non-hydrogen) atoms. The summed E-state index contributed by atoms with van der Waals surface area (Å²) >= 11 is 0. The van der Waals surface area contributed by atoms with Crippen LogP contribution in [0, 0.1) is 0 Å². The molecular weight excluding hydrogens is 364 g/mol. The molecular formula is C20H25ClN4O2. The lowest BCUT2D eigenvalue weighted by molar-refractivity contribution is 0.0681. The summed E-state index contributed by atoms with van der Waals surface area (Å²) in [5, 5.41) is 8.40. The smallest absolute Gasteiger partial charge is 0.275 e. The zero-order valence-electron chi connectivity index (χ0n) is 15.3. The first-order chi connectivity index (χ1) is 12.8. The van der Waals surface area contributed by atoms with E-state index in [4.69, 9.17) is 4.74 Å². The van der Waals surface area contributed by atoms with E-state index in [0.29, 0.717) is 18.3 Å². The zero-order chi connectivity index (χ0) is 17.5. The number of H-pyrrole nitrogens is 1. The average Bonchev–Trinajstić information content (AvgIpc) is 2.88. The number of aromatic amines is 1. The first-order valence-corrected chi connectivity index (χ1v) is 9.58. The average molecular weight is 389 g/mol. The first kappa shape index (κ1) is 18.5. The topological polar surface area (TPSA) is 61.5 Å². The maximum atomic E-state index is 13.2. The normalized spacial score (nSPS) is 25.0. The van der Waals surface area contributed by atoms with Gasteiger partial charge in [0.1, 0.15) is 0 Å². The number of piperidine rings is 1. The zero-order valence-corrected chi connectivity index (χ0v) is 16.1. The minimum Gasteiger partial charge on any atom is -0.377 e. The van der Waals surface area contributed by atoms with E-state index in [0.717, 1.165) is 63.0 Å². The van der Waals surface area contributed by atoms with Crippen LogP contribution in [0.25, 0.3) is 16.5 Å². The van der Waals surface area contributed by atoms with E-state index >= 15 is 0 Å². The number of carbonyl (C=O) groups is 1. The summed E-state index contributed by atoms with van der Waals surface area (Å²) in [6.07, 6.45) is 5.22. The summed E-state index contributed by atoms with van der Waals surface area (Å²) < 4.78 is 5.40. The second-order valence-corrected chi connectivity index (χ2v) is 7.46. The quantitative estimate of drug-likeness (QED) is 0.859. The molecule has 1 aromatic heterocycles. The second kappa shape index (κ2) is 7.62. The lowest BCUT2D eigenvalue weighted by atomic mass is 9.99. The van der Waals surface area contributed by atoms with E-state index in [1.807, 2.05) is 6.07 Å². The lowest BCUT2D eigenvalue weighted by Crippen LogP contribution is -2.41. The van der Waals surface area contributed by atoms with E-state index < -0.39 is 0 Å². The van der Waals surface area contributed by atoms with Crippen LogP contribution in [0.2, 0.25) is 0 Å². The monoisotopic (exact) mass is 388 g/mol. The van der Waals surface area contributed by atoms with Crippen LogP contribution < -0.4 is 0 Å². The van der Waals surface area contributed by atoms with Crippen molar-refractivity contribution in [3.63, 3.8) is 0 Å². The third-order valence-corrected chi connectivity index (χ3v) is 6.02. The summed E-state index contributed by atoms with van der Waals surface area (Å²) in [7, 11) is 0.